The fraction of sp³-hybridized carbons (Fsp3) is 0.350. The van der Waals surface area contributed by atoms with Crippen molar-refractivity contribution in [2.75, 3.05) is 13.6 Å². The van der Waals surface area contributed by atoms with Gasteiger partial charge >= 0.3 is 0 Å². The predicted molar refractivity (Wildman–Crippen MR) is 97.5 cm³/mol. The van der Waals surface area contributed by atoms with Crippen molar-refractivity contribution in [1.29, 1.82) is 0 Å². The Morgan fingerprint density at radius 1 is 1.20 bits per heavy atom. The molecule has 0 radical (unpaired) electrons. The molecule has 0 aliphatic rings. The molecule has 0 spiro atoms. The first-order chi connectivity index (χ1) is 12.0. The first kappa shape index (κ1) is 18.9. The zero-order valence-corrected chi connectivity index (χ0v) is 15.0. The van der Waals surface area contributed by atoms with Crippen molar-refractivity contribution in [1.82, 2.24) is 4.90 Å². The SMILES string of the molecule is CCC(C)N(C)C(=O)c1cc(Oc2ccc(CCN)cc2)ccc1F. The van der Waals surface area contributed by atoms with Crippen LogP contribution in [0.25, 0.3) is 0 Å². The largest absolute Gasteiger partial charge is 0.457 e. The molecule has 0 saturated heterocycles. The van der Waals surface area contributed by atoms with E-state index in [1.807, 2.05) is 38.1 Å². The van der Waals surface area contributed by atoms with Crippen LogP contribution in [-0.4, -0.2) is 30.4 Å². The predicted octanol–water partition coefficient (Wildman–Crippen LogP) is 3.99. The number of rotatable bonds is 7. The van der Waals surface area contributed by atoms with E-state index in [2.05, 4.69) is 0 Å². The summed E-state index contributed by atoms with van der Waals surface area (Å²) >= 11 is 0. The Hall–Kier alpha value is -2.40. The highest BCUT2D eigenvalue weighted by Crippen LogP contribution is 2.25. The maximum atomic E-state index is 14.1. The van der Waals surface area contributed by atoms with Crippen LogP contribution in [0.2, 0.25) is 0 Å². The maximum Gasteiger partial charge on any atom is 0.256 e. The molecule has 134 valence electrons. The fourth-order valence-corrected chi connectivity index (χ4v) is 2.42. The smallest absolute Gasteiger partial charge is 0.256 e. The van der Waals surface area contributed by atoms with Gasteiger partial charge in [-0.3, -0.25) is 4.79 Å². The second kappa shape index (κ2) is 8.62. The highest BCUT2D eigenvalue weighted by molar-refractivity contribution is 5.95. The maximum absolute atomic E-state index is 14.1. The summed E-state index contributed by atoms with van der Waals surface area (Å²) in [5.41, 5.74) is 6.67. The molecule has 1 atom stereocenters. The lowest BCUT2D eigenvalue weighted by Crippen LogP contribution is -2.35. The summed E-state index contributed by atoms with van der Waals surface area (Å²) in [6.07, 6.45) is 1.60. The van der Waals surface area contributed by atoms with Gasteiger partial charge in [-0.2, -0.15) is 0 Å². The van der Waals surface area contributed by atoms with Crippen LogP contribution in [-0.2, 0) is 6.42 Å². The van der Waals surface area contributed by atoms with Crippen LogP contribution in [0, 0.1) is 5.82 Å². The van der Waals surface area contributed by atoms with E-state index < -0.39 is 5.82 Å². The molecule has 2 rings (SSSR count). The number of halogens is 1. The van der Waals surface area contributed by atoms with E-state index in [9.17, 15) is 9.18 Å². The highest BCUT2D eigenvalue weighted by Gasteiger charge is 2.20. The Kier molecular flexibility index (Phi) is 6.53. The zero-order valence-electron chi connectivity index (χ0n) is 15.0. The minimum atomic E-state index is -0.550. The normalized spacial score (nSPS) is 11.9. The lowest BCUT2D eigenvalue weighted by atomic mass is 10.1. The standard InChI is InChI=1S/C20H25FN2O2/c1-4-14(2)23(3)20(24)18-13-17(9-10-19(18)21)25-16-7-5-15(6-8-16)11-12-22/h5-10,13-14H,4,11-12,22H2,1-3H3. The Balaban J connectivity index is 2.19. The third kappa shape index (κ3) is 4.79. The van der Waals surface area contributed by atoms with Crippen molar-refractivity contribution < 1.29 is 13.9 Å². The van der Waals surface area contributed by atoms with Crippen LogP contribution in [0.15, 0.2) is 42.5 Å². The number of carbonyl (C=O) groups excluding carboxylic acids is 1. The molecule has 0 aliphatic carbocycles. The molecule has 1 unspecified atom stereocenters. The van der Waals surface area contributed by atoms with Crippen molar-refractivity contribution in [3.05, 3.63) is 59.4 Å². The molecule has 0 bridgehead atoms. The fourth-order valence-electron chi connectivity index (χ4n) is 2.42. The molecule has 25 heavy (non-hydrogen) atoms. The number of ether oxygens (including phenoxy) is 1. The minimum absolute atomic E-state index is 0.0139. The van der Waals surface area contributed by atoms with Gasteiger partial charge in [-0.05, 0) is 62.2 Å². The van der Waals surface area contributed by atoms with Gasteiger partial charge in [0.25, 0.3) is 5.91 Å². The summed E-state index contributed by atoms with van der Waals surface area (Å²) in [6, 6.07) is 11.8. The van der Waals surface area contributed by atoms with Crippen LogP contribution < -0.4 is 10.5 Å². The number of nitrogens with zero attached hydrogens (tertiary/aromatic N) is 1. The van der Waals surface area contributed by atoms with E-state index >= 15 is 0 Å². The molecular weight excluding hydrogens is 319 g/mol. The van der Waals surface area contributed by atoms with Gasteiger partial charge in [0.2, 0.25) is 0 Å². The number of carbonyl (C=O) groups is 1. The lowest BCUT2D eigenvalue weighted by molar-refractivity contribution is 0.0735. The topological polar surface area (TPSA) is 55.6 Å². The monoisotopic (exact) mass is 344 g/mol. The van der Waals surface area contributed by atoms with Crippen molar-refractivity contribution in [2.45, 2.75) is 32.7 Å². The molecule has 0 saturated carbocycles. The molecule has 5 heteroatoms. The van der Waals surface area contributed by atoms with Gasteiger partial charge in [-0.15, -0.1) is 0 Å². The Bertz CT molecular complexity index is 716. The zero-order chi connectivity index (χ0) is 18.4. The van der Waals surface area contributed by atoms with Gasteiger partial charge in [0, 0.05) is 13.1 Å². The number of amides is 1. The number of hydrogen-bond acceptors (Lipinski definition) is 3. The first-order valence-corrected chi connectivity index (χ1v) is 8.49. The van der Waals surface area contributed by atoms with E-state index in [0.717, 1.165) is 18.4 Å². The molecule has 4 nitrogen and oxygen atoms in total. The molecule has 2 aromatic carbocycles. The first-order valence-electron chi connectivity index (χ1n) is 8.49. The highest BCUT2D eigenvalue weighted by atomic mass is 19.1. The van der Waals surface area contributed by atoms with Gasteiger partial charge < -0.3 is 15.4 Å². The molecule has 1 amide bonds. The van der Waals surface area contributed by atoms with E-state index in [0.29, 0.717) is 18.0 Å². The third-order valence-electron chi connectivity index (χ3n) is 4.33. The van der Waals surface area contributed by atoms with Crippen LogP contribution in [0.1, 0.15) is 36.2 Å². The van der Waals surface area contributed by atoms with Crippen molar-refractivity contribution in [3.63, 3.8) is 0 Å². The van der Waals surface area contributed by atoms with Crippen molar-refractivity contribution >= 4 is 5.91 Å². The quantitative estimate of drug-likeness (QED) is 0.826. The van der Waals surface area contributed by atoms with Gasteiger partial charge in [-0.1, -0.05) is 19.1 Å². The summed E-state index contributed by atoms with van der Waals surface area (Å²) < 4.78 is 19.9. The lowest BCUT2D eigenvalue weighted by Gasteiger charge is -2.24. The average Bonchev–Trinajstić information content (AvgIpc) is 2.63. The van der Waals surface area contributed by atoms with Crippen LogP contribution in [0.3, 0.4) is 0 Å². The number of benzene rings is 2. The second-order valence-corrected chi connectivity index (χ2v) is 6.10. The second-order valence-electron chi connectivity index (χ2n) is 6.10. The van der Waals surface area contributed by atoms with Crippen LogP contribution in [0.5, 0.6) is 11.5 Å². The number of hydrogen-bond donors (Lipinski definition) is 1. The van der Waals surface area contributed by atoms with Crippen molar-refractivity contribution in [2.24, 2.45) is 5.73 Å². The minimum Gasteiger partial charge on any atom is -0.457 e. The Labute approximate surface area is 148 Å². The Morgan fingerprint density at radius 2 is 1.84 bits per heavy atom. The Morgan fingerprint density at radius 3 is 2.44 bits per heavy atom. The molecule has 0 fully saturated rings. The van der Waals surface area contributed by atoms with E-state index in [4.69, 9.17) is 10.5 Å². The van der Waals surface area contributed by atoms with Crippen molar-refractivity contribution in [3.8, 4) is 11.5 Å². The molecular formula is C20H25FN2O2. The molecule has 0 aromatic heterocycles. The summed E-state index contributed by atoms with van der Waals surface area (Å²) in [7, 11) is 1.68. The van der Waals surface area contributed by atoms with Crippen LogP contribution >= 0.6 is 0 Å². The molecule has 2 aromatic rings. The van der Waals surface area contributed by atoms with E-state index in [-0.39, 0.29) is 17.5 Å². The molecule has 2 N–H and O–H groups in total. The van der Waals surface area contributed by atoms with Gasteiger partial charge in [-0.25, -0.2) is 4.39 Å². The van der Waals surface area contributed by atoms with Gasteiger partial charge in [0.1, 0.15) is 17.3 Å². The molecule has 0 aliphatic heterocycles. The number of nitrogens with two attached hydrogens (primary N) is 1. The van der Waals surface area contributed by atoms with Crippen LogP contribution in [0.4, 0.5) is 4.39 Å². The summed E-state index contributed by atoms with van der Waals surface area (Å²) in [6.45, 7) is 4.51. The molecule has 0 heterocycles. The summed E-state index contributed by atoms with van der Waals surface area (Å²) in [4.78, 5) is 14.1. The average molecular weight is 344 g/mol. The summed E-state index contributed by atoms with van der Waals surface area (Å²) in [5, 5.41) is 0. The van der Waals surface area contributed by atoms with E-state index in [1.165, 1.54) is 18.2 Å². The third-order valence-corrected chi connectivity index (χ3v) is 4.33. The van der Waals surface area contributed by atoms with E-state index in [1.54, 1.807) is 11.9 Å². The van der Waals surface area contributed by atoms with Gasteiger partial charge in [0.15, 0.2) is 0 Å². The summed E-state index contributed by atoms with van der Waals surface area (Å²) in [5.74, 6) is 0.149. The van der Waals surface area contributed by atoms with Gasteiger partial charge in [0.05, 0.1) is 5.56 Å².